The SMILES string of the molecule is Cc1cc(NC(=O)NCC2(O)CCC2)ccc1N(C)C. The van der Waals surface area contributed by atoms with E-state index in [2.05, 4.69) is 10.6 Å². The molecule has 1 fully saturated rings. The van der Waals surface area contributed by atoms with Crippen LogP contribution in [0, 0.1) is 6.92 Å². The van der Waals surface area contributed by atoms with Crippen LogP contribution in [0.4, 0.5) is 16.2 Å². The molecule has 1 aliphatic rings. The molecule has 20 heavy (non-hydrogen) atoms. The van der Waals surface area contributed by atoms with Crippen molar-refractivity contribution in [3.05, 3.63) is 23.8 Å². The number of carbonyl (C=O) groups is 1. The van der Waals surface area contributed by atoms with E-state index in [4.69, 9.17) is 0 Å². The Labute approximate surface area is 120 Å². The molecule has 1 aliphatic carbocycles. The number of hydrogen-bond acceptors (Lipinski definition) is 3. The van der Waals surface area contributed by atoms with Gasteiger partial charge in [-0.25, -0.2) is 4.79 Å². The van der Waals surface area contributed by atoms with Gasteiger partial charge in [0, 0.05) is 32.0 Å². The van der Waals surface area contributed by atoms with Crippen molar-refractivity contribution in [2.75, 3.05) is 30.9 Å². The summed E-state index contributed by atoms with van der Waals surface area (Å²) in [7, 11) is 3.98. The van der Waals surface area contributed by atoms with Crippen LogP contribution < -0.4 is 15.5 Å². The lowest BCUT2D eigenvalue weighted by molar-refractivity contribution is -0.0287. The lowest BCUT2D eigenvalue weighted by Gasteiger charge is -2.36. The van der Waals surface area contributed by atoms with Crippen LogP contribution in [0.15, 0.2) is 18.2 Å². The normalized spacial score (nSPS) is 16.2. The minimum Gasteiger partial charge on any atom is -0.388 e. The van der Waals surface area contributed by atoms with E-state index in [1.54, 1.807) is 0 Å². The molecule has 0 aliphatic heterocycles. The molecule has 1 aromatic rings. The van der Waals surface area contributed by atoms with Gasteiger partial charge < -0.3 is 20.6 Å². The quantitative estimate of drug-likeness (QED) is 0.789. The summed E-state index contributed by atoms with van der Waals surface area (Å²) in [6, 6.07) is 5.51. The first kappa shape index (κ1) is 14.7. The van der Waals surface area contributed by atoms with E-state index in [9.17, 15) is 9.90 Å². The minimum atomic E-state index is -0.692. The topological polar surface area (TPSA) is 64.6 Å². The summed E-state index contributed by atoms with van der Waals surface area (Å²) in [6.07, 6.45) is 2.57. The lowest BCUT2D eigenvalue weighted by atomic mass is 9.80. The molecule has 0 saturated heterocycles. The maximum atomic E-state index is 11.8. The van der Waals surface area contributed by atoms with Crippen LogP contribution in [0.1, 0.15) is 24.8 Å². The summed E-state index contributed by atoms with van der Waals surface area (Å²) in [5, 5.41) is 15.4. The van der Waals surface area contributed by atoms with Crippen molar-refractivity contribution in [1.29, 1.82) is 0 Å². The van der Waals surface area contributed by atoms with Crippen molar-refractivity contribution in [2.45, 2.75) is 31.8 Å². The molecule has 0 spiro atoms. The summed E-state index contributed by atoms with van der Waals surface area (Å²) in [5.41, 5.74) is 2.29. The second kappa shape index (κ2) is 5.71. The molecule has 0 heterocycles. The molecule has 0 radical (unpaired) electrons. The summed E-state index contributed by atoms with van der Waals surface area (Å²) >= 11 is 0. The predicted octanol–water partition coefficient (Wildman–Crippen LogP) is 2.10. The number of amides is 2. The van der Waals surface area contributed by atoms with Gasteiger partial charge in [-0.05, 0) is 49.9 Å². The third kappa shape index (κ3) is 3.42. The maximum absolute atomic E-state index is 11.8. The average Bonchev–Trinajstić information content (AvgIpc) is 2.33. The molecule has 1 aromatic carbocycles. The maximum Gasteiger partial charge on any atom is 0.319 e. The van der Waals surface area contributed by atoms with Crippen molar-refractivity contribution in [3.8, 4) is 0 Å². The highest BCUT2D eigenvalue weighted by Crippen LogP contribution is 2.30. The lowest BCUT2D eigenvalue weighted by Crippen LogP contribution is -2.48. The Bertz CT molecular complexity index is 496. The van der Waals surface area contributed by atoms with Crippen LogP contribution in [0.25, 0.3) is 0 Å². The Balaban J connectivity index is 1.89. The van der Waals surface area contributed by atoms with E-state index in [-0.39, 0.29) is 6.03 Å². The Kier molecular flexibility index (Phi) is 4.18. The standard InChI is InChI=1S/C15H23N3O2/c1-11-9-12(5-6-13(11)18(2)3)17-14(19)16-10-15(20)7-4-8-15/h5-6,9,20H,4,7-8,10H2,1-3H3,(H2,16,17,19). The van der Waals surface area contributed by atoms with Crippen LogP contribution in [-0.4, -0.2) is 37.4 Å². The third-order valence-electron chi connectivity index (χ3n) is 3.80. The smallest absolute Gasteiger partial charge is 0.319 e. The fraction of sp³-hybridized carbons (Fsp3) is 0.533. The number of nitrogens with zero attached hydrogens (tertiary/aromatic N) is 1. The van der Waals surface area contributed by atoms with Gasteiger partial charge in [-0.1, -0.05) is 0 Å². The van der Waals surface area contributed by atoms with Crippen LogP contribution in [0.3, 0.4) is 0 Å². The summed E-state index contributed by atoms with van der Waals surface area (Å²) < 4.78 is 0. The number of benzene rings is 1. The second-order valence-corrected chi connectivity index (χ2v) is 5.78. The Hall–Kier alpha value is -1.75. The molecule has 2 amide bonds. The number of nitrogens with one attached hydrogen (secondary N) is 2. The Morgan fingerprint density at radius 2 is 2.10 bits per heavy atom. The zero-order chi connectivity index (χ0) is 14.8. The molecule has 0 unspecified atom stereocenters. The van der Waals surface area contributed by atoms with Crippen molar-refractivity contribution < 1.29 is 9.90 Å². The van der Waals surface area contributed by atoms with E-state index < -0.39 is 5.60 Å². The molecular formula is C15H23N3O2. The third-order valence-corrected chi connectivity index (χ3v) is 3.80. The first-order chi connectivity index (χ1) is 9.39. The number of rotatable bonds is 4. The molecule has 0 atom stereocenters. The zero-order valence-corrected chi connectivity index (χ0v) is 12.4. The van der Waals surface area contributed by atoms with Crippen LogP contribution in [0.2, 0.25) is 0 Å². The number of hydrogen-bond donors (Lipinski definition) is 3. The van der Waals surface area contributed by atoms with Gasteiger partial charge >= 0.3 is 6.03 Å². The summed E-state index contributed by atoms with van der Waals surface area (Å²) in [4.78, 5) is 13.8. The molecule has 2 rings (SSSR count). The monoisotopic (exact) mass is 277 g/mol. The van der Waals surface area contributed by atoms with Crippen LogP contribution >= 0.6 is 0 Å². The zero-order valence-electron chi connectivity index (χ0n) is 12.4. The van der Waals surface area contributed by atoms with E-state index in [0.29, 0.717) is 6.54 Å². The van der Waals surface area contributed by atoms with Gasteiger partial charge in [-0.2, -0.15) is 0 Å². The molecule has 0 bridgehead atoms. The number of aryl methyl sites for hydroxylation is 1. The van der Waals surface area contributed by atoms with Crippen LogP contribution in [-0.2, 0) is 0 Å². The molecule has 5 nitrogen and oxygen atoms in total. The van der Waals surface area contributed by atoms with Gasteiger partial charge in [0.2, 0.25) is 0 Å². The summed E-state index contributed by atoms with van der Waals surface area (Å²) in [6.45, 7) is 2.32. The molecular weight excluding hydrogens is 254 g/mol. The van der Waals surface area contributed by atoms with Crippen molar-refractivity contribution >= 4 is 17.4 Å². The molecule has 1 saturated carbocycles. The summed E-state index contributed by atoms with van der Waals surface area (Å²) in [5.74, 6) is 0. The second-order valence-electron chi connectivity index (χ2n) is 5.78. The molecule has 5 heteroatoms. The first-order valence-electron chi connectivity index (χ1n) is 6.95. The number of aliphatic hydroxyl groups is 1. The van der Waals surface area contributed by atoms with Gasteiger partial charge in [0.25, 0.3) is 0 Å². The van der Waals surface area contributed by atoms with Gasteiger partial charge in [0.1, 0.15) is 0 Å². The highest BCUT2D eigenvalue weighted by atomic mass is 16.3. The van der Waals surface area contributed by atoms with Gasteiger partial charge in [-0.3, -0.25) is 0 Å². The van der Waals surface area contributed by atoms with Crippen molar-refractivity contribution in [2.24, 2.45) is 0 Å². The van der Waals surface area contributed by atoms with E-state index in [0.717, 1.165) is 36.2 Å². The van der Waals surface area contributed by atoms with E-state index >= 15 is 0 Å². The highest BCUT2D eigenvalue weighted by molar-refractivity contribution is 5.89. The van der Waals surface area contributed by atoms with Gasteiger partial charge in [0.15, 0.2) is 0 Å². The Morgan fingerprint density at radius 1 is 1.40 bits per heavy atom. The minimum absolute atomic E-state index is 0.276. The molecule has 110 valence electrons. The van der Waals surface area contributed by atoms with Crippen molar-refractivity contribution in [3.63, 3.8) is 0 Å². The van der Waals surface area contributed by atoms with Gasteiger partial charge in [0.05, 0.1) is 5.60 Å². The molecule has 0 aromatic heterocycles. The number of anilines is 2. The fourth-order valence-electron chi connectivity index (χ4n) is 2.42. The van der Waals surface area contributed by atoms with E-state index in [1.807, 2.05) is 44.1 Å². The first-order valence-corrected chi connectivity index (χ1v) is 6.95. The van der Waals surface area contributed by atoms with Gasteiger partial charge in [-0.15, -0.1) is 0 Å². The number of carbonyl (C=O) groups excluding carboxylic acids is 1. The molecule has 3 N–H and O–H groups in total. The van der Waals surface area contributed by atoms with E-state index in [1.165, 1.54) is 0 Å². The average molecular weight is 277 g/mol. The van der Waals surface area contributed by atoms with Crippen LogP contribution in [0.5, 0.6) is 0 Å². The predicted molar refractivity (Wildman–Crippen MR) is 81.3 cm³/mol. The fourth-order valence-corrected chi connectivity index (χ4v) is 2.42. The number of urea groups is 1. The highest BCUT2D eigenvalue weighted by Gasteiger charge is 2.34. The van der Waals surface area contributed by atoms with Crippen molar-refractivity contribution in [1.82, 2.24) is 5.32 Å². The largest absolute Gasteiger partial charge is 0.388 e. The Morgan fingerprint density at radius 3 is 2.60 bits per heavy atom.